The third-order valence-electron chi connectivity index (χ3n) is 5.65. The predicted molar refractivity (Wildman–Crippen MR) is 90.9 cm³/mol. The van der Waals surface area contributed by atoms with Gasteiger partial charge in [-0.1, -0.05) is 11.6 Å². The molecule has 1 unspecified atom stereocenters. The van der Waals surface area contributed by atoms with Crippen molar-refractivity contribution in [1.29, 1.82) is 0 Å². The third kappa shape index (κ3) is 4.36. The van der Waals surface area contributed by atoms with E-state index in [0.717, 1.165) is 51.4 Å². The summed E-state index contributed by atoms with van der Waals surface area (Å²) in [5.74, 6) is 1.21. The Labute approximate surface area is 139 Å². The second kappa shape index (κ2) is 7.98. The molecule has 3 aliphatic rings. The van der Waals surface area contributed by atoms with E-state index in [4.69, 9.17) is 0 Å². The van der Waals surface area contributed by atoms with Crippen molar-refractivity contribution in [3.05, 3.63) is 11.6 Å². The molecule has 0 bridgehead atoms. The van der Waals surface area contributed by atoms with E-state index in [1.165, 1.54) is 31.3 Å². The number of amides is 2. The van der Waals surface area contributed by atoms with Gasteiger partial charge < -0.3 is 9.80 Å². The van der Waals surface area contributed by atoms with E-state index in [-0.39, 0.29) is 11.8 Å². The molecule has 0 N–H and O–H groups in total. The number of fused-ring (bicyclic) bond motifs is 1. The highest BCUT2D eigenvalue weighted by Gasteiger charge is 2.27. The summed E-state index contributed by atoms with van der Waals surface area (Å²) in [4.78, 5) is 28.5. The van der Waals surface area contributed by atoms with Crippen molar-refractivity contribution in [3.8, 4) is 0 Å². The van der Waals surface area contributed by atoms with Gasteiger partial charge in [-0.25, -0.2) is 0 Å². The van der Waals surface area contributed by atoms with Crippen molar-refractivity contribution >= 4 is 11.8 Å². The summed E-state index contributed by atoms with van der Waals surface area (Å²) in [6, 6.07) is 0. The minimum Gasteiger partial charge on any atom is -0.343 e. The molecular formula is C19H30N2O2. The Kier molecular flexibility index (Phi) is 5.74. The van der Waals surface area contributed by atoms with E-state index in [1.807, 2.05) is 9.80 Å². The Morgan fingerprint density at radius 2 is 1.65 bits per heavy atom. The number of likely N-dealkylation sites (tertiary alicyclic amines) is 2. The molecule has 0 saturated carbocycles. The van der Waals surface area contributed by atoms with Crippen LogP contribution in [0.4, 0.5) is 0 Å². The molecule has 4 nitrogen and oxygen atoms in total. The molecule has 4 heteroatoms. The number of hydrogen-bond donors (Lipinski definition) is 0. The maximum atomic E-state index is 12.4. The fraction of sp³-hybridized carbons (Fsp3) is 0.789. The van der Waals surface area contributed by atoms with E-state index in [2.05, 4.69) is 6.08 Å². The van der Waals surface area contributed by atoms with Gasteiger partial charge in [-0.15, -0.1) is 0 Å². The standard InChI is InChI=1S/C19H30N2O2/c22-18(20-12-4-1-5-13-20)9-6-10-19(23)21-14-11-16-7-2-3-8-17(16)15-21/h8,16H,1-7,9-15H2. The Morgan fingerprint density at radius 3 is 2.43 bits per heavy atom. The molecule has 2 saturated heterocycles. The van der Waals surface area contributed by atoms with Crippen LogP contribution in [0.5, 0.6) is 0 Å². The first-order chi connectivity index (χ1) is 11.2. The van der Waals surface area contributed by atoms with E-state index >= 15 is 0 Å². The molecule has 2 aliphatic heterocycles. The van der Waals surface area contributed by atoms with Crippen molar-refractivity contribution in [2.75, 3.05) is 26.2 Å². The number of carbonyl (C=O) groups excluding carboxylic acids is 2. The number of hydrogen-bond acceptors (Lipinski definition) is 2. The molecule has 0 aromatic heterocycles. The van der Waals surface area contributed by atoms with E-state index in [1.54, 1.807) is 0 Å². The van der Waals surface area contributed by atoms with Crippen molar-refractivity contribution in [3.63, 3.8) is 0 Å². The van der Waals surface area contributed by atoms with Crippen molar-refractivity contribution in [1.82, 2.24) is 9.80 Å². The summed E-state index contributed by atoms with van der Waals surface area (Å²) in [5, 5.41) is 0. The zero-order valence-corrected chi connectivity index (χ0v) is 14.3. The Hall–Kier alpha value is -1.32. The van der Waals surface area contributed by atoms with Crippen molar-refractivity contribution in [2.24, 2.45) is 5.92 Å². The van der Waals surface area contributed by atoms with Crippen LogP contribution in [0.2, 0.25) is 0 Å². The minimum atomic E-state index is 0.237. The first kappa shape index (κ1) is 16.5. The van der Waals surface area contributed by atoms with Gasteiger partial charge in [0.25, 0.3) is 0 Å². The summed E-state index contributed by atoms with van der Waals surface area (Å²) in [6.07, 6.45) is 12.5. The number of nitrogens with zero attached hydrogens (tertiary/aromatic N) is 2. The molecule has 1 aliphatic carbocycles. The van der Waals surface area contributed by atoms with Gasteiger partial charge in [-0.2, -0.15) is 0 Å². The number of rotatable bonds is 4. The van der Waals surface area contributed by atoms with Crippen LogP contribution in [0.25, 0.3) is 0 Å². The van der Waals surface area contributed by atoms with Crippen LogP contribution in [0.15, 0.2) is 11.6 Å². The zero-order chi connectivity index (χ0) is 16.1. The van der Waals surface area contributed by atoms with E-state index < -0.39 is 0 Å². The van der Waals surface area contributed by atoms with Crippen LogP contribution in [0.1, 0.15) is 64.2 Å². The summed E-state index contributed by atoms with van der Waals surface area (Å²) >= 11 is 0. The predicted octanol–water partition coefficient (Wildman–Crippen LogP) is 3.13. The summed E-state index contributed by atoms with van der Waals surface area (Å²) in [6.45, 7) is 3.56. The van der Waals surface area contributed by atoms with Crippen LogP contribution in [0.3, 0.4) is 0 Å². The number of carbonyl (C=O) groups is 2. The lowest BCUT2D eigenvalue weighted by Crippen LogP contribution is -2.40. The molecule has 0 aromatic carbocycles. The van der Waals surface area contributed by atoms with Gasteiger partial charge in [0, 0.05) is 39.0 Å². The van der Waals surface area contributed by atoms with Crippen LogP contribution in [-0.2, 0) is 9.59 Å². The van der Waals surface area contributed by atoms with Crippen molar-refractivity contribution < 1.29 is 9.59 Å². The fourth-order valence-electron chi connectivity index (χ4n) is 4.20. The maximum absolute atomic E-state index is 12.4. The van der Waals surface area contributed by atoms with Gasteiger partial charge in [0.15, 0.2) is 0 Å². The van der Waals surface area contributed by atoms with Crippen LogP contribution in [-0.4, -0.2) is 47.8 Å². The van der Waals surface area contributed by atoms with Gasteiger partial charge >= 0.3 is 0 Å². The number of piperidine rings is 2. The molecule has 2 fully saturated rings. The van der Waals surface area contributed by atoms with Gasteiger partial charge in [-0.3, -0.25) is 9.59 Å². The average Bonchev–Trinajstić information content (AvgIpc) is 2.61. The first-order valence-corrected chi connectivity index (χ1v) is 9.48. The van der Waals surface area contributed by atoms with Gasteiger partial charge in [0.2, 0.25) is 11.8 Å². The lowest BCUT2D eigenvalue weighted by Gasteiger charge is -2.36. The zero-order valence-electron chi connectivity index (χ0n) is 14.3. The second-order valence-corrected chi connectivity index (χ2v) is 7.31. The molecule has 128 valence electrons. The second-order valence-electron chi connectivity index (χ2n) is 7.31. The first-order valence-electron chi connectivity index (χ1n) is 9.48. The summed E-state index contributed by atoms with van der Waals surface area (Å²) in [5.41, 5.74) is 1.49. The topological polar surface area (TPSA) is 40.6 Å². The number of allylic oxidation sites excluding steroid dienone is 1. The molecule has 2 amide bonds. The highest BCUT2D eigenvalue weighted by Crippen LogP contribution is 2.32. The van der Waals surface area contributed by atoms with Crippen molar-refractivity contribution in [2.45, 2.75) is 64.2 Å². The third-order valence-corrected chi connectivity index (χ3v) is 5.65. The molecule has 3 rings (SSSR count). The van der Waals surface area contributed by atoms with Gasteiger partial charge in [0.05, 0.1) is 0 Å². The largest absolute Gasteiger partial charge is 0.343 e. The summed E-state index contributed by atoms with van der Waals surface area (Å²) in [7, 11) is 0. The Balaban J connectivity index is 1.39. The molecule has 23 heavy (non-hydrogen) atoms. The molecular weight excluding hydrogens is 288 g/mol. The highest BCUT2D eigenvalue weighted by molar-refractivity contribution is 5.79. The Bertz CT molecular complexity index is 466. The lowest BCUT2D eigenvalue weighted by molar-refractivity contribution is -0.133. The quantitative estimate of drug-likeness (QED) is 0.747. The highest BCUT2D eigenvalue weighted by atomic mass is 16.2. The monoisotopic (exact) mass is 318 g/mol. The SMILES string of the molecule is O=C(CCCC(=O)N1CCC2CCCC=C2C1)N1CCCCC1. The maximum Gasteiger partial charge on any atom is 0.222 e. The van der Waals surface area contributed by atoms with Crippen LogP contribution >= 0.6 is 0 Å². The molecule has 2 heterocycles. The lowest BCUT2D eigenvalue weighted by atomic mass is 9.82. The average molecular weight is 318 g/mol. The fourth-order valence-corrected chi connectivity index (χ4v) is 4.20. The molecule has 1 atom stereocenters. The normalized spacial score (nSPS) is 24.9. The van der Waals surface area contributed by atoms with E-state index in [9.17, 15) is 9.59 Å². The Morgan fingerprint density at radius 1 is 0.913 bits per heavy atom. The van der Waals surface area contributed by atoms with Gasteiger partial charge in [-0.05, 0) is 57.3 Å². The van der Waals surface area contributed by atoms with E-state index in [0.29, 0.717) is 19.3 Å². The minimum absolute atomic E-state index is 0.237. The molecule has 0 aromatic rings. The smallest absolute Gasteiger partial charge is 0.222 e. The van der Waals surface area contributed by atoms with Crippen LogP contribution < -0.4 is 0 Å². The van der Waals surface area contributed by atoms with Gasteiger partial charge in [0.1, 0.15) is 0 Å². The summed E-state index contributed by atoms with van der Waals surface area (Å²) < 4.78 is 0. The van der Waals surface area contributed by atoms with Crippen LogP contribution in [0, 0.1) is 5.92 Å². The molecule has 0 radical (unpaired) electrons. The molecule has 0 spiro atoms.